The van der Waals surface area contributed by atoms with Gasteiger partial charge in [-0.25, -0.2) is 0 Å². The Bertz CT molecular complexity index is 5260. The molecule has 0 radical (unpaired) electrons. The smallest absolute Gasteiger partial charge is 0.256 e. The lowest BCUT2D eigenvalue weighted by Gasteiger charge is -2.47. The van der Waals surface area contributed by atoms with Gasteiger partial charge in [-0.2, -0.15) is 0 Å². The molecular formula is C94H83B2N3O. The second-order valence-corrected chi connectivity index (χ2v) is 32.1. The molecule has 4 aliphatic heterocycles. The van der Waals surface area contributed by atoms with Crippen LogP contribution in [0.3, 0.4) is 0 Å². The minimum atomic E-state index is -0.243. The van der Waals surface area contributed by atoms with E-state index in [1.807, 2.05) is 0 Å². The zero-order valence-corrected chi connectivity index (χ0v) is 59.5. The van der Waals surface area contributed by atoms with E-state index in [4.69, 9.17) is 4.74 Å². The molecule has 4 heterocycles. The van der Waals surface area contributed by atoms with Crippen molar-refractivity contribution in [3.05, 3.63) is 307 Å². The Morgan fingerprint density at radius 1 is 0.240 bits per heavy atom. The largest absolute Gasteiger partial charge is 0.458 e. The summed E-state index contributed by atoms with van der Waals surface area (Å²) in [6.07, 6.45) is 0. The van der Waals surface area contributed by atoms with Gasteiger partial charge in [-0.15, -0.1) is 0 Å². The number of hydrogen-bond acceptors (Lipinski definition) is 4. The molecule has 13 aromatic carbocycles. The number of benzene rings is 13. The summed E-state index contributed by atoms with van der Waals surface area (Å²) in [5, 5.41) is 0. The van der Waals surface area contributed by atoms with Crippen LogP contribution in [-0.2, 0) is 21.7 Å². The highest BCUT2D eigenvalue weighted by Gasteiger charge is 2.50. The van der Waals surface area contributed by atoms with Crippen molar-refractivity contribution >= 4 is 97.4 Å². The summed E-state index contributed by atoms with van der Waals surface area (Å²) in [6.45, 7) is 27.5. The number of anilines is 9. The molecular weight excluding hydrogens is 1210 g/mol. The fraction of sp³-hybridized carbons (Fsp3) is 0.170. The van der Waals surface area contributed by atoms with E-state index in [0.29, 0.717) is 0 Å². The van der Waals surface area contributed by atoms with Gasteiger partial charge >= 0.3 is 0 Å². The van der Waals surface area contributed by atoms with Gasteiger partial charge in [0.2, 0.25) is 0 Å². The highest BCUT2D eigenvalue weighted by atomic mass is 16.5. The quantitative estimate of drug-likeness (QED) is 0.141. The molecule has 0 atom stereocenters. The molecule has 0 saturated carbocycles. The molecule has 0 fully saturated rings. The van der Waals surface area contributed by atoms with Crippen LogP contribution in [0.1, 0.15) is 105 Å². The predicted molar refractivity (Wildman–Crippen MR) is 428 cm³/mol. The molecule has 0 N–H and O–H groups in total. The van der Waals surface area contributed by atoms with Gasteiger partial charge in [0.1, 0.15) is 11.5 Å². The van der Waals surface area contributed by atoms with E-state index < -0.39 is 0 Å². The summed E-state index contributed by atoms with van der Waals surface area (Å²) in [5.41, 5.74) is 33.4. The molecule has 100 heavy (non-hydrogen) atoms. The van der Waals surface area contributed by atoms with Crippen molar-refractivity contribution in [3.8, 4) is 67.1 Å². The van der Waals surface area contributed by atoms with Crippen molar-refractivity contribution < 1.29 is 4.74 Å². The molecule has 13 aromatic rings. The van der Waals surface area contributed by atoms with Crippen molar-refractivity contribution in [2.45, 2.75) is 105 Å². The third-order valence-corrected chi connectivity index (χ3v) is 21.5. The molecule has 0 amide bonds. The molecule has 6 heteroatoms. The third-order valence-electron chi connectivity index (χ3n) is 21.5. The normalized spacial score (nSPS) is 13.6. The Hall–Kier alpha value is -10.8. The number of para-hydroxylation sites is 2. The zero-order chi connectivity index (χ0) is 68.7. The first-order valence-corrected chi connectivity index (χ1v) is 35.7. The van der Waals surface area contributed by atoms with Crippen molar-refractivity contribution in [3.63, 3.8) is 0 Å². The Morgan fingerprint density at radius 2 is 0.600 bits per heavy atom. The zero-order valence-electron chi connectivity index (χ0n) is 59.5. The lowest BCUT2D eigenvalue weighted by atomic mass is 9.30. The van der Waals surface area contributed by atoms with Crippen molar-refractivity contribution in [2.75, 3.05) is 14.7 Å². The Labute approximate surface area is 592 Å². The first-order valence-electron chi connectivity index (χ1n) is 35.7. The van der Waals surface area contributed by atoms with Crippen molar-refractivity contribution in [2.24, 2.45) is 0 Å². The maximum atomic E-state index is 7.59. The Morgan fingerprint density at radius 3 is 1.06 bits per heavy atom. The first-order chi connectivity index (χ1) is 48.2. The summed E-state index contributed by atoms with van der Waals surface area (Å²) in [7, 11) is 0. The average molecular weight is 1290 g/mol. The lowest BCUT2D eigenvalue weighted by molar-refractivity contribution is 0.479. The van der Waals surface area contributed by atoms with Gasteiger partial charge in [0.05, 0.1) is 11.4 Å². The van der Waals surface area contributed by atoms with Crippen LogP contribution in [0.25, 0.3) is 55.6 Å². The van der Waals surface area contributed by atoms with Crippen LogP contribution in [0.4, 0.5) is 51.2 Å². The molecule has 17 rings (SSSR count). The fourth-order valence-corrected chi connectivity index (χ4v) is 16.2. The molecule has 4 nitrogen and oxygen atoms in total. The first kappa shape index (κ1) is 62.7. The Balaban J connectivity index is 1.06. The van der Waals surface area contributed by atoms with E-state index in [-0.39, 0.29) is 35.1 Å². The molecule has 486 valence electrons. The van der Waals surface area contributed by atoms with E-state index in [0.717, 1.165) is 113 Å². The number of ether oxygens (including phenoxy) is 1. The topological polar surface area (TPSA) is 19.0 Å². The molecule has 0 aliphatic carbocycles. The molecule has 0 unspecified atom stereocenters. The maximum Gasteiger partial charge on any atom is 0.256 e. The van der Waals surface area contributed by atoms with Gasteiger partial charge in [0, 0.05) is 62.1 Å². The van der Waals surface area contributed by atoms with E-state index >= 15 is 0 Å². The number of hydrogen-bond donors (Lipinski definition) is 0. The van der Waals surface area contributed by atoms with Gasteiger partial charge in [-0.05, 0) is 165 Å². The summed E-state index contributed by atoms with van der Waals surface area (Å²) in [5.74, 6) is 1.81. The maximum absolute atomic E-state index is 7.59. The van der Waals surface area contributed by atoms with Gasteiger partial charge in [0.25, 0.3) is 13.4 Å². The lowest BCUT2D eigenvalue weighted by Crippen LogP contribution is -2.64. The van der Waals surface area contributed by atoms with E-state index in [1.54, 1.807) is 0 Å². The molecule has 4 aliphatic rings. The summed E-state index contributed by atoms with van der Waals surface area (Å²) < 4.78 is 7.59. The van der Waals surface area contributed by atoms with Crippen molar-refractivity contribution in [1.29, 1.82) is 0 Å². The monoisotopic (exact) mass is 1290 g/mol. The minimum Gasteiger partial charge on any atom is -0.458 e. The third kappa shape index (κ3) is 10.4. The molecule has 0 spiro atoms. The van der Waals surface area contributed by atoms with Crippen LogP contribution in [0, 0.1) is 0 Å². The van der Waals surface area contributed by atoms with Crippen LogP contribution < -0.4 is 52.2 Å². The van der Waals surface area contributed by atoms with Gasteiger partial charge in [-0.1, -0.05) is 314 Å². The average Bonchev–Trinajstić information content (AvgIpc) is 0.683. The van der Waals surface area contributed by atoms with E-state index in [1.165, 1.54) is 60.7 Å². The van der Waals surface area contributed by atoms with Crippen LogP contribution in [0.2, 0.25) is 0 Å². The molecule has 0 aromatic heterocycles. The SMILES string of the molecule is CC(C)(C)c1ccc(N2c3cc4c(cc3B3c5ccc(C(C)(C)C)cc5N(c5c(-c6ccccc6)cccc5-c5ccccc5)c5cc(-c6ccccc6)cc2c53)B2c3ccc(C(C)(C)C)cc3Oc3cc(C(C)(C)C)cc(c32)N4c2c(-c3ccccc3)cccc2-c2ccccc2)cc1. The predicted octanol–water partition coefficient (Wildman–Crippen LogP) is 21.7. The fourth-order valence-electron chi connectivity index (χ4n) is 16.2. The second kappa shape index (κ2) is 23.4. The summed E-state index contributed by atoms with van der Waals surface area (Å²) in [4.78, 5) is 8.01. The van der Waals surface area contributed by atoms with E-state index in [2.05, 4.69) is 383 Å². The van der Waals surface area contributed by atoms with E-state index in [9.17, 15) is 0 Å². The van der Waals surface area contributed by atoms with Crippen molar-refractivity contribution in [1.82, 2.24) is 0 Å². The standard InChI is InChI=1S/C94H83B2N3O/c1-91(2,3)66-44-48-70(49-45-66)97-80-59-81-78(96-76-51-47-68(93(7,8)9)56-85(76)100-86-57-69(94(10,11)12)55-84(88(86)96)99(81)90-73(63-36-24-16-25-37-63)42-29-43-74(90)64-38-26-17-27-39-64)58-77(80)95-75-50-46-67(92(4,5)6)54-79(75)98(83-53-65(52-82(97)87(83)95)60-30-18-13-19-31-60)89-71(61-32-20-14-21-33-61)40-28-41-72(89)62-34-22-15-23-35-62/h13-59H,1-12H3. The van der Waals surface area contributed by atoms with Gasteiger partial charge in [-0.3, -0.25) is 0 Å². The Kier molecular flexibility index (Phi) is 14.7. The minimum absolute atomic E-state index is 0.0808. The molecule has 0 saturated heterocycles. The van der Waals surface area contributed by atoms with Crippen LogP contribution in [0.15, 0.2) is 285 Å². The van der Waals surface area contributed by atoms with Crippen LogP contribution in [-0.4, -0.2) is 13.4 Å². The number of rotatable bonds is 8. The van der Waals surface area contributed by atoms with Gasteiger partial charge < -0.3 is 19.4 Å². The number of nitrogens with zero attached hydrogens (tertiary/aromatic N) is 3. The highest BCUT2D eigenvalue weighted by molar-refractivity contribution is 7.02. The van der Waals surface area contributed by atoms with Crippen LogP contribution >= 0.6 is 0 Å². The summed E-state index contributed by atoms with van der Waals surface area (Å²) in [6, 6.07) is 108. The second-order valence-electron chi connectivity index (χ2n) is 32.1. The highest BCUT2D eigenvalue weighted by Crippen LogP contribution is 2.55. The molecule has 0 bridgehead atoms. The number of fused-ring (bicyclic) bond motifs is 8. The van der Waals surface area contributed by atoms with Gasteiger partial charge in [0.15, 0.2) is 0 Å². The summed E-state index contributed by atoms with van der Waals surface area (Å²) >= 11 is 0. The van der Waals surface area contributed by atoms with Crippen LogP contribution in [0.5, 0.6) is 11.5 Å².